The molecule has 0 bridgehead atoms. The van der Waals surface area contributed by atoms with E-state index in [-0.39, 0.29) is 0 Å². The van der Waals surface area contributed by atoms with Crippen LogP contribution in [0.4, 0.5) is 14.5 Å². The van der Waals surface area contributed by atoms with E-state index in [2.05, 4.69) is 15.1 Å². The SMILES string of the molecule is Fc1cccc(CN2CCN(C(=S)Nc3cccc(Cl)c3)CC2)c1F. The van der Waals surface area contributed by atoms with Gasteiger partial charge in [-0.1, -0.05) is 29.8 Å². The zero-order valence-corrected chi connectivity index (χ0v) is 15.1. The normalized spacial score (nSPS) is 15.2. The molecule has 1 N–H and O–H groups in total. The van der Waals surface area contributed by atoms with Crippen LogP contribution < -0.4 is 5.32 Å². The number of thiocarbonyl (C=S) groups is 1. The molecule has 0 spiro atoms. The Bertz CT molecular complexity index is 764. The van der Waals surface area contributed by atoms with Crippen LogP contribution in [0.15, 0.2) is 42.5 Å². The summed E-state index contributed by atoms with van der Waals surface area (Å²) >= 11 is 11.4. The number of nitrogens with zero attached hydrogens (tertiary/aromatic N) is 2. The maximum Gasteiger partial charge on any atom is 0.173 e. The van der Waals surface area contributed by atoms with E-state index < -0.39 is 11.6 Å². The van der Waals surface area contributed by atoms with Gasteiger partial charge in [-0.3, -0.25) is 4.90 Å². The van der Waals surface area contributed by atoms with Crippen LogP contribution in [0.25, 0.3) is 0 Å². The third-order valence-electron chi connectivity index (χ3n) is 4.16. The lowest BCUT2D eigenvalue weighted by atomic mass is 10.2. The minimum atomic E-state index is -0.803. The Hall–Kier alpha value is -1.76. The number of piperazine rings is 1. The predicted octanol–water partition coefficient (Wildman–Crippen LogP) is 4.13. The van der Waals surface area contributed by atoms with Gasteiger partial charge in [0.05, 0.1) is 0 Å². The lowest BCUT2D eigenvalue weighted by molar-refractivity contribution is 0.175. The Balaban J connectivity index is 1.53. The molecule has 0 atom stereocenters. The molecule has 25 heavy (non-hydrogen) atoms. The second-order valence-electron chi connectivity index (χ2n) is 5.92. The van der Waals surface area contributed by atoms with Crippen LogP contribution in [0.2, 0.25) is 5.02 Å². The first-order chi connectivity index (χ1) is 12.0. The van der Waals surface area contributed by atoms with E-state index in [0.717, 1.165) is 37.9 Å². The van der Waals surface area contributed by atoms with Gasteiger partial charge in [0.2, 0.25) is 0 Å². The first kappa shape index (κ1) is 18.0. The van der Waals surface area contributed by atoms with Crippen molar-refractivity contribution in [2.45, 2.75) is 6.54 Å². The van der Waals surface area contributed by atoms with Crippen molar-refractivity contribution < 1.29 is 8.78 Å². The highest BCUT2D eigenvalue weighted by Gasteiger charge is 2.20. The number of hydrogen-bond donors (Lipinski definition) is 1. The first-order valence-electron chi connectivity index (χ1n) is 7.99. The maximum atomic E-state index is 13.8. The van der Waals surface area contributed by atoms with Gasteiger partial charge >= 0.3 is 0 Å². The summed E-state index contributed by atoms with van der Waals surface area (Å²) in [5.41, 5.74) is 1.23. The molecule has 0 saturated carbocycles. The molecular formula is C18H18ClF2N3S. The second-order valence-corrected chi connectivity index (χ2v) is 6.74. The third-order valence-corrected chi connectivity index (χ3v) is 4.76. The lowest BCUT2D eigenvalue weighted by Crippen LogP contribution is -2.49. The van der Waals surface area contributed by atoms with Crippen molar-refractivity contribution in [2.24, 2.45) is 0 Å². The second kappa shape index (κ2) is 8.08. The number of halogens is 3. The van der Waals surface area contributed by atoms with Crippen molar-refractivity contribution in [2.75, 3.05) is 31.5 Å². The Morgan fingerprint density at radius 2 is 1.80 bits per heavy atom. The van der Waals surface area contributed by atoms with E-state index in [1.54, 1.807) is 12.1 Å². The van der Waals surface area contributed by atoms with Crippen molar-refractivity contribution in [3.05, 3.63) is 64.7 Å². The zero-order valence-electron chi connectivity index (χ0n) is 13.5. The predicted molar refractivity (Wildman–Crippen MR) is 101 cm³/mol. The molecule has 1 aliphatic rings. The van der Waals surface area contributed by atoms with Crippen molar-refractivity contribution in [1.29, 1.82) is 0 Å². The van der Waals surface area contributed by atoms with Crippen LogP contribution in [0.1, 0.15) is 5.56 Å². The van der Waals surface area contributed by atoms with Gasteiger partial charge in [0.15, 0.2) is 16.7 Å². The molecule has 1 fully saturated rings. The van der Waals surface area contributed by atoms with Crippen LogP contribution in [-0.2, 0) is 6.54 Å². The van der Waals surface area contributed by atoms with Crippen molar-refractivity contribution in [3.63, 3.8) is 0 Å². The molecule has 7 heteroatoms. The van der Waals surface area contributed by atoms with Gasteiger partial charge in [-0.25, -0.2) is 8.78 Å². The van der Waals surface area contributed by atoms with E-state index >= 15 is 0 Å². The van der Waals surface area contributed by atoms with Crippen molar-refractivity contribution >= 4 is 34.6 Å². The summed E-state index contributed by atoms with van der Waals surface area (Å²) in [6.45, 7) is 3.30. The Morgan fingerprint density at radius 3 is 2.52 bits per heavy atom. The standard InChI is InChI=1S/C18H18ClF2N3S/c19-14-4-2-5-15(11-14)22-18(25)24-9-7-23(8-10-24)12-13-3-1-6-16(20)17(13)21/h1-6,11H,7-10,12H2,(H,22,25). The van der Waals surface area contributed by atoms with Gasteiger partial charge < -0.3 is 10.2 Å². The molecule has 0 radical (unpaired) electrons. The molecule has 0 aromatic heterocycles. The van der Waals surface area contributed by atoms with Crippen LogP contribution in [0, 0.1) is 11.6 Å². The monoisotopic (exact) mass is 381 g/mol. The summed E-state index contributed by atoms with van der Waals surface area (Å²) in [5, 5.41) is 4.46. The molecule has 3 rings (SSSR count). The van der Waals surface area contributed by atoms with Crippen molar-refractivity contribution in [3.8, 4) is 0 Å². The molecule has 0 amide bonds. The maximum absolute atomic E-state index is 13.8. The molecule has 1 aliphatic heterocycles. The quantitative estimate of drug-likeness (QED) is 0.805. The summed E-state index contributed by atoms with van der Waals surface area (Å²) in [6, 6.07) is 11.7. The molecule has 132 valence electrons. The summed E-state index contributed by atoms with van der Waals surface area (Å²) in [6.07, 6.45) is 0. The Labute approximate surface area is 156 Å². The molecule has 2 aromatic rings. The Kier molecular flexibility index (Phi) is 5.83. The number of hydrogen-bond acceptors (Lipinski definition) is 2. The molecule has 2 aromatic carbocycles. The van der Waals surface area contributed by atoms with Gasteiger partial charge in [0.25, 0.3) is 0 Å². The van der Waals surface area contributed by atoms with E-state index in [4.69, 9.17) is 23.8 Å². The first-order valence-corrected chi connectivity index (χ1v) is 8.78. The Morgan fingerprint density at radius 1 is 1.08 bits per heavy atom. The highest BCUT2D eigenvalue weighted by atomic mass is 35.5. The molecule has 1 heterocycles. The fourth-order valence-electron chi connectivity index (χ4n) is 2.79. The van der Waals surface area contributed by atoms with E-state index in [1.165, 1.54) is 6.07 Å². The summed E-state index contributed by atoms with van der Waals surface area (Å²) in [7, 11) is 0. The summed E-state index contributed by atoms with van der Waals surface area (Å²) in [5.74, 6) is -1.56. The zero-order chi connectivity index (χ0) is 17.8. The molecule has 1 saturated heterocycles. The van der Waals surface area contributed by atoms with E-state index in [9.17, 15) is 8.78 Å². The minimum absolute atomic E-state index is 0.382. The van der Waals surface area contributed by atoms with Crippen LogP contribution >= 0.6 is 23.8 Å². The van der Waals surface area contributed by atoms with Crippen molar-refractivity contribution in [1.82, 2.24) is 9.80 Å². The largest absolute Gasteiger partial charge is 0.346 e. The highest BCUT2D eigenvalue weighted by molar-refractivity contribution is 7.80. The fourth-order valence-corrected chi connectivity index (χ4v) is 3.28. The van der Waals surface area contributed by atoms with Gasteiger partial charge in [-0.15, -0.1) is 0 Å². The highest BCUT2D eigenvalue weighted by Crippen LogP contribution is 2.17. The third kappa shape index (κ3) is 4.66. The number of benzene rings is 2. The van der Waals surface area contributed by atoms with E-state index in [1.807, 2.05) is 18.2 Å². The topological polar surface area (TPSA) is 18.5 Å². The van der Waals surface area contributed by atoms with Gasteiger partial charge in [-0.2, -0.15) is 0 Å². The fraction of sp³-hybridized carbons (Fsp3) is 0.278. The van der Waals surface area contributed by atoms with Crippen LogP contribution in [-0.4, -0.2) is 41.1 Å². The number of rotatable bonds is 3. The molecule has 3 nitrogen and oxygen atoms in total. The van der Waals surface area contributed by atoms with E-state index in [0.29, 0.717) is 22.2 Å². The molecular weight excluding hydrogens is 364 g/mol. The average molecular weight is 382 g/mol. The van der Waals surface area contributed by atoms with Gasteiger partial charge in [0, 0.05) is 49.0 Å². The van der Waals surface area contributed by atoms with Gasteiger partial charge in [-0.05, 0) is 36.5 Å². The lowest BCUT2D eigenvalue weighted by Gasteiger charge is -2.36. The van der Waals surface area contributed by atoms with Crippen LogP contribution in [0.5, 0.6) is 0 Å². The summed E-state index contributed by atoms with van der Waals surface area (Å²) < 4.78 is 27.1. The van der Waals surface area contributed by atoms with Crippen LogP contribution in [0.3, 0.4) is 0 Å². The smallest absolute Gasteiger partial charge is 0.173 e. The van der Waals surface area contributed by atoms with Gasteiger partial charge in [0.1, 0.15) is 0 Å². The summed E-state index contributed by atoms with van der Waals surface area (Å²) in [4.78, 5) is 4.16. The minimum Gasteiger partial charge on any atom is -0.346 e. The number of nitrogens with one attached hydrogen (secondary N) is 1. The number of anilines is 1. The average Bonchev–Trinajstić information content (AvgIpc) is 2.59. The molecule has 0 aliphatic carbocycles. The molecule has 0 unspecified atom stereocenters.